The third-order valence-corrected chi connectivity index (χ3v) is 4.62. The van der Waals surface area contributed by atoms with Gasteiger partial charge in [0.25, 0.3) is 0 Å². The number of urea groups is 1. The lowest BCUT2D eigenvalue weighted by Gasteiger charge is -2.36. The molecule has 130 valence electrons. The fourth-order valence-electron chi connectivity index (χ4n) is 3.14. The number of rotatable bonds is 4. The van der Waals surface area contributed by atoms with Crippen molar-refractivity contribution in [3.05, 3.63) is 0 Å². The van der Waals surface area contributed by atoms with Gasteiger partial charge in [0.15, 0.2) is 0 Å². The number of hydrogen-bond donors (Lipinski definition) is 1. The summed E-state index contributed by atoms with van der Waals surface area (Å²) in [6.07, 6.45) is 6.05. The lowest BCUT2D eigenvalue weighted by molar-refractivity contribution is -0.143. The van der Waals surface area contributed by atoms with Crippen LogP contribution in [0.25, 0.3) is 0 Å². The first kappa shape index (κ1) is 17.6. The molecule has 0 aromatic heterocycles. The zero-order valence-corrected chi connectivity index (χ0v) is 13.9. The first-order valence-electron chi connectivity index (χ1n) is 8.50. The van der Waals surface area contributed by atoms with Crippen LogP contribution in [0.15, 0.2) is 0 Å². The van der Waals surface area contributed by atoms with Crippen molar-refractivity contribution in [3.63, 3.8) is 0 Å². The number of piperazine rings is 1. The maximum absolute atomic E-state index is 12.2. The quantitative estimate of drug-likeness (QED) is 0.786. The molecule has 7 heteroatoms. The fourth-order valence-corrected chi connectivity index (χ4v) is 3.14. The van der Waals surface area contributed by atoms with Crippen LogP contribution in [0.5, 0.6) is 0 Å². The molecule has 2 rings (SSSR count). The normalized spacial score (nSPS) is 19.3. The minimum atomic E-state index is -0.371. The van der Waals surface area contributed by atoms with E-state index in [9.17, 15) is 14.4 Å². The molecule has 0 aromatic rings. The zero-order valence-electron chi connectivity index (χ0n) is 13.9. The van der Waals surface area contributed by atoms with E-state index in [1.807, 2.05) is 0 Å². The SMILES string of the molecule is COC(=O)CCC(=O)N1CCN(C(=O)NC2CCCCC2)CC1. The summed E-state index contributed by atoms with van der Waals surface area (Å²) in [5.74, 6) is -0.424. The van der Waals surface area contributed by atoms with Crippen LogP contribution < -0.4 is 5.32 Å². The number of nitrogens with zero attached hydrogens (tertiary/aromatic N) is 2. The van der Waals surface area contributed by atoms with Gasteiger partial charge in [0.05, 0.1) is 13.5 Å². The van der Waals surface area contributed by atoms with Gasteiger partial charge in [-0.2, -0.15) is 0 Å². The van der Waals surface area contributed by atoms with Gasteiger partial charge in [-0.1, -0.05) is 19.3 Å². The van der Waals surface area contributed by atoms with Crippen molar-refractivity contribution in [2.75, 3.05) is 33.3 Å². The van der Waals surface area contributed by atoms with Crippen molar-refractivity contribution in [2.24, 2.45) is 0 Å². The molecule has 2 fully saturated rings. The predicted octanol–water partition coefficient (Wildman–Crippen LogP) is 1.13. The second-order valence-corrected chi connectivity index (χ2v) is 6.23. The van der Waals surface area contributed by atoms with Crippen molar-refractivity contribution in [2.45, 2.75) is 51.0 Å². The number of carbonyl (C=O) groups excluding carboxylic acids is 3. The van der Waals surface area contributed by atoms with Crippen LogP contribution in [0, 0.1) is 0 Å². The molecule has 1 aliphatic carbocycles. The molecule has 1 N–H and O–H groups in total. The van der Waals surface area contributed by atoms with Gasteiger partial charge in [-0.25, -0.2) is 4.79 Å². The van der Waals surface area contributed by atoms with Crippen molar-refractivity contribution in [1.82, 2.24) is 15.1 Å². The Morgan fingerprint density at radius 3 is 2.17 bits per heavy atom. The Bertz CT molecular complexity index is 427. The first-order chi connectivity index (χ1) is 11.1. The highest BCUT2D eigenvalue weighted by Gasteiger charge is 2.26. The number of methoxy groups -OCH3 is 1. The van der Waals surface area contributed by atoms with Crippen LogP contribution in [-0.2, 0) is 14.3 Å². The maximum Gasteiger partial charge on any atom is 0.317 e. The van der Waals surface area contributed by atoms with Crippen LogP contribution in [-0.4, -0.2) is 67.0 Å². The predicted molar refractivity (Wildman–Crippen MR) is 84.8 cm³/mol. The molecule has 0 bridgehead atoms. The van der Waals surface area contributed by atoms with Gasteiger partial charge < -0.3 is 19.9 Å². The first-order valence-corrected chi connectivity index (χ1v) is 8.50. The minimum Gasteiger partial charge on any atom is -0.469 e. The zero-order chi connectivity index (χ0) is 16.7. The molecule has 3 amide bonds. The number of carbonyl (C=O) groups is 3. The van der Waals surface area contributed by atoms with Gasteiger partial charge in [0.1, 0.15) is 0 Å². The molecule has 0 atom stereocenters. The summed E-state index contributed by atoms with van der Waals surface area (Å²) in [5.41, 5.74) is 0. The fraction of sp³-hybridized carbons (Fsp3) is 0.812. The smallest absolute Gasteiger partial charge is 0.317 e. The number of amides is 3. The van der Waals surface area contributed by atoms with Crippen molar-refractivity contribution >= 4 is 17.9 Å². The molecule has 0 unspecified atom stereocenters. The van der Waals surface area contributed by atoms with Crippen LogP contribution >= 0.6 is 0 Å². The van der Waals surface area contributed by atoms with Gasteiger partial charge >= 0.3 is 12.0 Å². The second-order valence-electron chi connectivity index (χ2n) is 6.23. The molecule has 2 aliphatic rings. The van der Waals surface area contributed by atoms with E-state index in [1.54, 1.807) is 9.80 Å². The third kappa shape index (κ3) is 5.41. The summed E-state index contributed by atoms with van der Waals surface area (Å²) in [4.78, 5) is 38.8. The minimum absolute atomic E-state index is 0.0152. The third-order valence-electron chi connectivity index (χ3n) is 4.62. The summed E-state index contributed by atoms with van der Waals surface area (Å²) >= 11 is 0. The number of esters is 1. The number of nitrogens with one attached hydrogen (secondary N) is 1. The molecule has 1 saturated carbocycles. The van der Waals surface area contributed by atoms with Gasteiger partial charge in [-0.05, 0) is 12.8 Å². The molecule has 1 saturated heterocycles. The van der Waals surface area contributed by atoms with Crippen molar-refractivity contribution in [3.8, 4) is 0 Å². The van der Waals surface area contributed by atoms with Crippen LogP contribution in [0.4, 0.5) is 4.79 Å². The second kappa shape index (κ2) is 8.74. The van der Waals surface area contributed by atoms with E-state index in [0.29, 0.717) is 32.2 Å². The number of ether oxygens (including phenoxy) is 1. The molecule has 1 heterocycles. The standard InChI is InChI=1S/C16H27N3O4/c1-23-15(21)8-7-14(20)18-9-11-19(12-10-18)16(22)17-13-5-3-2-4-6-13/h13H,2-12H2,1H3,(H,17,22). The van der Waals surface area contributed by atoms with E-state index < -0.39 is 0 Å². The summed E-state index contributed by atoms with van der Waals surface area (Å²) in [5, 5.41) is 3.10. The summed E-state index contributed by atoms with van der Waals surface area (Å²) in [7, 11) is 1.32. The van der Waals surface area contributed by atoms with Crippen LogP contribution in [0.1, 0.15) is 44.9 Å². The molecule has 1 aliphatic heterocycles. The molecule has 0 aromatic carbocycles. The topological polar surface area (TPSA) is 79.0 Å². The number of hydrogen-bond acceptors (Lipinski definition) is 4. The van der Waals surface area contributed by atoms with Gasteiger partial charge in [0.2, 0.25) is 5.91 Å². The van der Waals surface area contributed by atoms with E-state index >= 15 is 0 Å². The molecule has 0 radical (unpaired) electrons. The van der Waals surface area contributed by atoms with Gasteiger partial charge in [0, 0.05) is 38.6 Å². The van der Waals surface area contributed by atoms with E-state index in [1.165, 1.54) is 26.4 Å². The monoisotopic (exact) mass is 325 g/mol. The summed E-state index contributed by atoms with van der Waals surface area (Å²) in [6, 6.07) is 0.287. The Labute approximate surface area is 137 Å². The molecule has 7 nitrogen and oxygen atoms in total. The highest BCUT2D eigenvalue weighted by atomic mass is 16.5. The highest BCUT2D eigenvalue weighted by Crippen LogP contribution is 2.17. The maximum atomic E-state index is 12.2. The van der Waals surface area contributed by atoms with Crippen molar-refractivity contribution in [1.29, 1.82) is 0 Å². The Morgan fingerprint density at radius 2 is 1.57 bits per heavy atom. The largest absolute Gasteiger partial charge is 0.469 e. The molecular formula is C16H27N3O4. The molecule has 0 spiro atoms. The van der Waals surface area contributed by atoms with Crippen LogP contribution in [0.3, 0.4) is 0 Å². The average Bonchev–Trinajstić information content (AvgIpc) is 2.60. The van der Waals surface area contributed by atoms with E-state index in [0.717, 1.165) is 12.8 Å². The molecule has 23 heavy (non-hydrogen) atoms. The van der Waals surface area contributed by atoms with Gasteiger partial charge in [-0.15, -0.1) is 0 Å². The van der Waals surface area contributed by atoms with E-state index in [-0.39, 0.29) is 30.7 Å². The Morgan fingerprint density at radius 1 is 0.957 bits per heavy atom. The Balaban J connectivity index is 1.69. The van der Waals surface area contributed by atoms with Crippen molar-refractivity contribution < 1.29 is 19.1 Å². The average molecular weight is 325 g/mol. The lowest BCUT2D eigenvalue weighted by atomic mass is 9.96. The lowest BCUT2D eigenvalue weighted by Crippen LogP contribution is -2.54. The highest BCUT2D eigenvalue weighted by molar-refractivity contribution is 5.81. The van der Waals surface area contributed by atoms with Crippen LogP contribution in [0.2, 0.25) is 0 Å². The van der Waals surface area contributed by atoms with E-state index in [4.69, 9.17) is 0 Å². The summed E-state index contributed by atoms with van der Waals surface area (Å²) in [6.45, 7) is 2.14. The Hall–Kier alpha value is -1.79. The van der Waals surface area contributed by atoms with Gasteiger partial charge in [-0.3, -0.25) is 9.59 Å². The Kier molecular flexibility index (Phi) is 6.67. The van der Waals surface area contributed by atoms with E-state index in [2.05, 4.69) is 10.1 Å². The molecular weight excluding hydrogens is 298 g/mol. The summed E-state index contributed by atoms with van der Waals surface area (Å²) < 4.78 is 4.54.